The topological polar surface area (TPSA) is 87.6 Å². The van der Waals surface area contributed by atoms with Crippen LogP contribution in [-0.4, -0.2) is 14.5 Å². The molecule has 0 fully saturated rings. The molecule has 6 heteroatoms. The van der Waals surface area contributed by atoms with E-state index in [0.717, 1.165) is 5.56 Å². The van der Waals surface area contributed by atoms with E-state index in [1.54, 1.807) is 30.1 Å². The van der Waals surface area contributed by atoms with Crippen LogP contribution in [-0.2, 0) is 7.05 Å². The summed E-state index contributed by atoms with van der Waals surface area (Å²) in [6, 6.07) is 7.30. The fourth-order valence-corrected chi connectivity index (χ4v) is 1.95. The second-order valence-corrected chi connectivity index (χ2v) is 3.89. The van der Waals surface area contributed by atoms with Crippen molar-refractivity contribution in [2.75, 3.05) is 0 Å². The zero-order valence-corrected chi connectivity index (χ0v) is 9.47. The first-order valence-corrected chi connectivity index (χ1v) is 5.23. The number of nitriles is 1. The number of nitrogens with zero attached hydrogens (tertiary/aromatic N) is 3. The van der Waals surface area contributed by atoms with E-state index in [-0.39, 0.29) is 0 Å². The molecule has 0 unspecified atom stereocenters. The number of benzene rings is 1. The Morgan fingerprint density at radius 1 is 1.50 bits per heavy atom. The zero-order chi connectivity index (χ0) is 12.7. The van der Waals surface area contributed by atoms with Crippen molar-refractivity contribution in [3.05, 3.63) is 40.8 Å². The van der Waals surface area contributed by atoms with E-state index in [0.29, 0.717) is 22.5 Å². The van der Waals surface area contributed by atoms with Crippen molar-refractivity contribution in [3.63, 3.8) is 0 Å². The lowest BCUT2D eigenvalue weighted by molar-refractivity contribution is 0.555. The molecule has 0 bridgehead atoms. The Morgan fingerprint density at radius 3 is 3.11 bits per heavy atom. The van der Waals surface area contributed by atoms with E-state index in [1.165, 1.54) is 0 Å². The molecule has 2 heterocycles. The third-order valence-corrected chi connectivity index (χ3v) is 2.74. The van der Waals surface area contributed by atoms with Gasteiger partial charge in [-0.1, -0.05) is 6.07 Å². The summed E-state index contributed by atoms with van der Waals surface area (Å²) in [5, 5.41) is 9.01. The number of aromatic nitrogens is 3. The van der Waals surface area contributed by atoms with Crippen molar-refractivity contribution in [2.24, 2.45) is 7.05 Å². The lowest BCUT2D eigenvalue weighted by Gasteiger charge is -2.02. The van der Waals surface area contributed by atoms with Gasteiger partial charge in [0.05, 0.1) is 17.5 Å². The molecular formula is C12H8N4O2. The van der Waals surface area contributed by atoms with Gasteiger partial charge in [-0.15, -0.1) is 0 Å². The highest BCUT2D eigenvalue weighted by atomic mass is 16.4. The first-order valence-electron chi connectivity index (χ1n) is 5.23. The van der Waals surface area contributed by atoms with E-state index in [9.17, 15) is 4.79 Å². The molecule has 0 radical (unpaired) electrons. The molecule has 0 aliphatic rings. The van der Waals surface area contributed by atoms with E-state index in [4.69, 9.17) is 9.68 Å². The molecule has 1 aromatic carbocycles. The molecule has 2 aromatic heterocycles. The van der Waals surface area contributed by atoms with Gasteiger partial charge in [0.25, 0.3) is 0 Å². The number of H-pyrrole nitrogens is 1. The second-order valence-electron chi connectivity index (χ2n) is 3.89. The minimum Gasteiger partial charge on any atom is -0.408 e. The van der Waals surface area contributed by atoms with E-state index in [2.05, 4.69) is 9.97 Å². The maximum Gasteiger partial charge on any atom is 0.417 e. The van der Waals surface area contributed by atoms with Crippen molar-refractivity contribution in [3.8, 4) is 17.3 Å². The first kappa shape index (κ1) is 10.4. The van der Waals surface area contributed by atoms with Crippen LogP contribution in [0.25, 0.3) is 22.4 Å². The van der Waals surface area contributed by atoms with Crippen LogP contribution in [0.15, 0.2) is 33.7 Å². The Kier molecular flexibility index (Phi) is 2.07. The maximum atomic E-state index is 11.1. The number of nitrogens with one attached hydrogen (secondary N) is 1. The summed E-state index contributed by atoms with van der Waals surface area (Å²) in [5.74, 6) is -0.493. The summed E-state index contributed by atoms with van der Waals surface area (Å²) < 4.78 is 6.75. The predicted molar refractivity (Wildman–Crippen MR) is 63.8 cm³/mol. The van der Waals surface area contributed by atoms with E-state index >= 15 is 0 Å². The molecule has 3 rings (SSSR count). The van der Waals surface area contributed by atoms with Crippen LogP contribution in [0, 0.1) is 11.3 Å². The monoisotopic (exact) mass is 240 g/mol. The van der Waals surface area contributed by atoms with Crippen molar-refractivity contribution < 1.29 is 4.42 Å². The minimum absolute atomic E-state index is 0.342. The molecular weight excluding hydrogens is 232 g/mol. The van der Waals surface area contributed by atoms with Crippen molar-refractivity contribution >= 4 is 11.1 Å². The molecule has 88 valence electrons. The van der Waals surface area contributed by atoms with Crippen LogP contribution >= 0.6 is 0 Å². The number of rotatable bonds is 1. The van der Waals surface area contributed by atoms with Crippen LogP contribution in [0.4, 0.5) is 0 Å². The zero-order valence-electron chi connectivity index (χ0n) is 9.47. The summed E-state index contributed by atoms with van der Waals surface area (Å²) in [7, 11) is 1.81. The van der Waals surface area contributed by atoms with Crippen molar-refractivity contribution in [2.45, 2.75) is 0 Å². The van der Waals surface area contributed by atoms with Crippen molar-refractivity contribution in [1.82, 2.24) is 14.5 Å². The SMILES string of the molecule is Cn1cnc(C#N)c1-c1ccc2[nH]c(=O)oc2c1. The summed E-state index contributed by atoms with van der Waals surface area (Å²) in [5.41, 5.74) is 2.91. The Labute approximate surface area is 101 Å². The molecule has 6 nitrogen and oxygen atoms in total. The largest absolute Gasteiger partial charge is 0.417 e. The van der Waals surface area contributed by atoms with Gasteiger partial charge in [0.15, 0.2) is 11.3 Å². The summed E-state index contributed by atoms with van der Waals surface area (Å²) in [6.45, 7) is 0. The predicted octanol–water partition coefficient (Wildman–Crippen LogP) is 1.39. The Hall–Kier alpha value is -2.81. The Balaban J connectivity index is 2.28. The van der Waals surface area contributed by atoms with Crippen LogP contribution in [0.3, 0.4) is 0 Å². The number of aryl methyl sites for hydroxylation is 1. The molecule has 3 aromatic rings. The highest BCUT2D eigenvalue weighted by Crippen LogP contribution is 2.25. The number of hydrogen-bond donors (Lipinski definition) is 1. The number of hydrogen-bond acceptors (Lipinski definition) is 4. The summed E-state index contributed by atoms with van der Waals surface area (Å²) in [4.78, 5) is 17.6. The van der Waals surface area contributed by atoms with E-state index < -0.39 is 5.76 Å². The lowest BCUT2D eigenvalue weighted by atomic mass is 10.1. The molecule has 0 atom stereocenters. The van der Waals surface area contributed by atoms with Crippen LogP contribution < -0.4 is 5.76 Å². The second kappa shape index (κ2) is 3.60. The Bertz CT molecular complexity index is 832. The maximum absolute atomic E-state index is 11.1. The smallest absolute Gasteiger partial charge is 0.408 e. The Morgan fingerprint density at radius 2 is 2.33 bits per heavy atom. The standard InChI is InChI=1S/C12H8N4O2/c1-16-6-14-9(5-13)11(16)7-2-3-8-10(4-7)18-12(17)15-8/h2-4,6H,1H3,(H,15,17). The molecule has 1 N–H and O–H groups in total. The van der Waals surface area contributed by atoms with Crippen LogP contribution in [0.2, 0.25) is 0 Å². The molecule has 0 aliphatic carbocycles. The quantitative estimate of drug-likeness (QED) is 0.696. The minimum atomic E-state index is -0.493. The highest BCUT2D eigenvalue weighted by Gasteiger charge is 2.12. The van der Waals surface area contributed by atoms with Crippen molar-refractivity contribution in [1.29, 1.82) is 5.26 Å². The van der Waals surface area contributed by atoms with Gasteiger partial charge in [-0.05, 0) is 12.1 Å². The molecule has 0 amide bonds. The van der Waals surface area contributed by atoms with Crippen LogP contribution in [0.5, 0.6) is 0 Å². The molecule has 0 saturated carbocycles. The fourth-order valence-electron chi connectivity index (χ4n) is 1.95. The number of imidazole rings is 1. The van der Waals surface area contributed by atoms with Crippen LogP contribution in [0.1, 0.15) is 5.69 Å². The summed E-state index contributed by atoms with van der Waals surface area (Å²) >= 11 is 0. The first-order chi connectivity index (χ1) is 8.69. The summed E-state index contributed by atoms with van der Waals surface area (Å²) in [6.07, 6.45) is 1.57. The number of fused-ring (bicyclic) bond motifs is 1. The van der Waals surface area contributed by atoms with Gasteiger partial charge in [0, 0.05) is 12.6 Å². The highest BCUT2D eigenvalue weighted by molar-refractivity contribution is 5.80. The molecule has 0 saturated heterocycles. The van der Waals surface area contributed by atoms with Gasteiger partial charge in [-0.2, -0.15) is 5.26 Å². The van der Waals surface area contributed by atoms with Gasteiger partial charge in [-0.3, -0.25) is 4.98 Å². The lowest BCUT2D eigenvalue weighted by Crippen LogP contribution is -1.92. The normalized spacial score (nSPS) is 10.7. The molecule has 0 aliphatic heterocycles. The van der Waals surface area contributed by atoms with Gasteiger partial charge >= 0.3 is 5.76 Å². The van der Waals surface area contributed by atoms with E-state index in [1.807, 2.05) is 12.1 Å². The average molecular weight is 240 g/mol. The van der Waals surface area contributed by atoms with Gasteiger partial charge < -0.3 is 8.98 Å². The third-order valence-electron chi connectivity index (χ3n) is 2.74. The molecule has 18 heavy (non-hydrogen) atoms. The fraction of sp³-hybridized carbons (Fsp3) is 0.0833. The molecule has 0 spiro atoms. The average Bonchev–Trinajstić information content (AvgIpc) is 2.89. The van der Waals surface area contributed by atoms with Gasteiger partial charge in [0.2, 0.25) is 0 Å². The number of oxazole rings is 1. The van der Waals surface area contributed by atoms with Gasteiger partial charge in [-0.25, -0.2) is 9.78 Å². The third kappa shape index (κ3) is 1.42. The van der Waals surface area contributed by atoms with Gasteiger partial charge in [0.1, 0.15) is 6.07 Å². The number of aromatic amines is 1.